The van der Waals surface area contributed by atoms with Gasteiger partial charge in [-0.1, -0.05) is 50.3 Å². The van der Waals surface area contributed by atoms with E-state index in [1.807, 2.05) is 49.5 Å². The minimum Gasteiger partial charge on any atom is -0.450 e. The molecule has 3 fully saturated rings. The van der Waals surface area contributed by atoms with Gasteiger partial charge < -0.3 is 19.8 Å². The summed E-state index contributed by atoms with van der Waals surface area (Å²) >= 11 is 0. The van der Waals surface area contributed by atoms with Gasteiger partial charge in [-0.15, -0.1) is 0 Å². The van der Waals surface area contributed by atoms with Crippen LogP contribution in [0.25, 0.3) is 10.9 Å². The molecular weight excluding hydrogens is 532 g/mol. The topological polar surface area (TPSA) is 118 Å². The molecule has 0 bridgehead atoms. The molecule has 1 aromatic heterocycles. The Bertz CT molecular complexity index is 1570. The number of allylic oxidation sites excluding steroid dienone is 3. The summed E-state index contributed by atoms with van der Waals surface area (Å²) in [5.41, 5.74) is 0.774. The molecule has 9 atom stereocenters. The SMILES string of the molecule is CC(=O)O[C@H]1C(=O)/C=C\C(=O)[C@@]23C(=O)N[C@@H](Cc4c[nH]c5ccccc45)C2C(C)[C@@]2(C)O[C@H]2[C@@H]3/C=C\C[C@H](C)/C=C\1C. The monoisotopic (exact) mass is 570 g/mol. The van der Waals surface area contributed by atoms with Gasteiger partial charge in [0.15, 0.2) is 11.9 Å². The van der Waals surface area contributed by atoms with E-state index in [-0.39, 0.29) is 35.8 Å². The molecule has 6 rings (SSSR count). The number of carbonyl (C=O) groups excluding carboxylic acids is 4. The predicted octanol–water partition coefficient (Wildman–Crippen LogP) is 4.40. The lowest BCUT2D eigenvalue weighted by Gasteiger charge is -2.45. The molecule has 1 aromatic carbocycles. The Hall–Kier alpha value is -3.78. The largest absolute Gasteiger partial charge is 0.450 e. The summed E-state index contributed by atoms with van der Waals surface area (Å²) in [5, 5.41) is 4.32. The first-order valence-electron chi connectivity index (χ1n) is 14.8. The number of ketones is 2. The van der Waals surface area contributed by atoms with E-state index in [0.717, 1.165) is 16.5 Å². The summed E-state index contributed by atoms with van der Waals surface area (Å²) in [6, 6.07) is 7.72. The molecule has 1 spiro atoms. The highest BCUT2D eigenvalue weighted by Gasteiger charge is 2.78. The number of fused-ring (bicyclic) bond motifs is 3. The van der Waals surface area contributed by atoms with Crippen LogP contribution in [0.15, 0.2) is 66.4 Å². The second kappa shape index (κ2) is 10.2. The van der Waals surface area contributed by atoms with Crippen molar-refractivity contribution in [3.8, 4) is 0 Å². The second-order valence-electron chi connectivity index (χ2n) is 12.7. The molecule has 2 saturated heterocycles. The Morgan fingerprint density at radius 2 is 1.90 bits per heavy atom. The summed E-state index contributed by atoms with van der Waals surface area (Å²) in [6.45, 7) is 9.17. The van der Waals surface area contributed by atoms with Gasteiger partial charge in [-0.25, -0.2) is 0 Å². The van der Waals surface area contributed by atoms with Crippen LogP contribution in [0.4, 0.5) is 0 Å². The third-order valence-electron chi connectivity index (χ3n) is 10.1. The predicted molar refractivity (Wildman–Crippen MR) is 157 cm³/mol. The zero-order valence-electron chi connectivity index (χ0n) is 24.7. The molecular formula is C34H38N2O6. The molecule has 8 nitrogen and oxygen atoms in total. The van der Waals surface area contributed by atoms with Crippen molar-refractivity contribution in [3.05, 3.63) is 72.0 Å². The minimum atomic E-state index is -1.44. The molecule has 1 amide bonds. The number of hydrogen-bond donors (Lipinski definition) is 2. The van der Waals surface area contributed by atoms with Crippen molar-refractivity contribution in [2.45, 2.75) is 71.3 Å². The molecule has 2 aliphatic carbocycles. The van der Waals surface area contributed by atoms with Crippen LogP contribution in [0.3, 0.4) is 0 Å². The Balaban J connectivity index is 1.45. The van der Waals surface area contributed by atoms with Crippen molar-refractivity contribution in [2.24, 2.45) is 29.1 Å². The Morgan fingerprint density at radius 1 is 1.14 bits per heavy atom. The highest BCUT2D eigenvalue weighted by atomic mass is 16.6. The summed E-state index contributed by atoms with van der Waals surface area (Å²) in [4.78, 5) is 57.2. The van der Waals surface area contributed by atoms with Crippen LogP contribution in [0, 0.1) is 29.1 Å². The highest BCUT2D eigenvalue weighted by molar-refractivity contribution is 6.15. The first kappa shape index (κ1) is 28.3. The summed E-state index contributed by atoms with van der Waals surface area (Å²) in [5.74, 6) is -2.80. The number of ether oxygens (including phenoxy) is 2. The highest BCUT2D eigenvalue weighted by Crippen LogP contribution is 2.66. The fraction of sp³-hybridized carbons (Fsp3) is 0.471. The number of esters is 1. The van der Waals surface area contributed by atoms with Gasteiger partial charge >= 0.3 is 5.97 Å². The molecule has 1 saturated carbocycles. The number of aromatic nitrogens is 1. The maximum atomic E-state index is 14.4. The molecule has 4 aliphatic rings. The molecule has 2 aliphatic heterocycles. The molecule has 220 valence electrons. The lowest BCUT2D eigenvalue weighted by atomic mass is 9.51. The number of rotatable bonds is 3. The maximum absolute atomic E-state index is 14.4. The van der Waals surface area contributed by atoms with Gasteiger partial charge in [0, 0.05) is 41.9 Å². The molecule has 3 heterocycles. The van der Waals surface area contributed by atoms with Gasteiger partial charge in [0.25, 0.3) is 0 Å². The van der Waals surface area contributed by atoms with Crippen molar-refractivity contribution in [2.75, 3.05) is 0 Å². The average Bonchev–Trinajstić information content (AvgIpc) is 3.35. The van der Waals surface area contributed by atoms with Crippen LogP contribution < -0.4 is 5.32 Å². The first-order chi connectivity index (χ1) is 20.0. The molecule has 2 aromatic rings. The van der Waals surface area contributed by atoms with Gasteiger partial charge in [0.1, 0.15) is 5.41 Å². The van der Waals surface area contributed by atoms with Crippen molar-refractivity contribution >= 4 is 34.3 Å². The van der Waals surface area contributed by atoms with E-state index in [1.165, 1.54) is 19.1 Å². The van der Waals surface area contributed by atoms with E-state index in [9.17, 15) is 19.2 Å². The van der Waals surface area contributed by atoms with Crippen molar-refractivity contribution in [3.63, 3.8) is 0 Å². The zero-order valence-corrected chi connectivity index (χ0v) is 24.7. The normalized spacial score (nSPS) is 40.6. The average molecular weight is 571 g/mol. The van der Waals surface area contributed by atoms with Crippen LogP contribution in [0.5, 0.6) is 0 Å². The fourth-order valence-electron chi connectivity index (χ4n) is 7.97. The van der Waals surface area contributed by atoms with Gasteiger partial charge in [0.2, 0.25) is 11.7 Å². The lowest BCUT2D eigenvalue weighted by molar-refractivity contribution is -0.149. The van der Waals surface area contributed by atoms with E-state index in [1.54, 1.807) is 6.92 Å². The summed E-state index contributed by atoms with van der Waals surface area (Å²) < 4.78 is 11.7. The zero-order chi connectivity index (χ0) is 30.0. The van der Waals surface area contributed by atoms with Gasteiger partial charge in [-0.05, 0) is 67.9 Å². The van der Waals surface area contributed by atoms with Crippen LogP contribution in [-0.2, 0) is 35.1 Å². The van der Waals surface area contributed by atoms with E-state index in [2.05, 4.69) is 30.2 Å². The standard InChI is InChI=1S/C34H38N2O6/c1-18-9-8-11-24-31-33(5,42-31)20(3)29-26(16-22-17-35-25-12-7-6-10-23(22)25)36-32(40)34(24,29)28(39)14-13-27(38)30(19(2)15-18)41-21(4)37/h6-8,10-15,17-18,20,24,26,29-31,35H,9,16H2,1-5H3,(H,36,40)/b11-8-,14-13-,19-15-/t18-,20?,24-,26-,29?,30+,31-,33+,34+/m0/s1. The van der Waals surface area contributed by atoms with Crippen molar-refractivity contribution in [1.82, 2.24) is 10.3 Å². The summed E-state index contributed by atoms with van der Waals surface area (Å²) in [6.07, 6.45) is 10.1. The third-order valence-corrected chi connectivity index (χ3v) is 10.1. The Morgan fingerprint density at radius 3 is 2.67 bits per heavy atom. The fourth-order valence-corrected chi connectivity index (χ4v) is 7.97. The first-order valence-corrected chi connectivity index (χ1v) is 14.8. The number of carbonyl (C=O) groups is 4. The number of benzene rings is 1. The number of epoxide rings is 1. The number of aromatic amines is 1. The minimum absolute atomic E-state index is 0.0281. The van der Waals surface area contributed by atoms with Crippen LogP contribution in [-0.4, -0.2) is 52.3 Å². The lowest BCUT2D eigenvalue weighted by Crippen LogP contribution is -2.58. The smallest absolute Gasteiger partial charge is 0.303 e. The van der Waals surface area contributed by atoms with Crippen LogP contribution in [0.1, 0.15) is 46.6 Å². The van der Waals surface area contributed by atoms with Crippen molar-refractivity contribution < 1.29 is 28.7 Å². The van der Waals surface area contributed by atoms with Crippen LogP contribution in [0.2, 0.25) is 0 Å². The quantitative estimate of drug-likeness (QED) is 0.244. The van der Waals surface area contributed by atoms with E-state index in [4.69, 9.17) is 9.47 Å². The number of amides is 1. The van der Waals surface area contributed by atoms with E-state index in [0.29, 0.717) is 18.4 Å². The second-order valence-corrected chi connectivity index (χ2v) is 12.7. The van der Waals surface area contributed by atoms with E-state index < -0.39 is 40.6 Å². The molecule has 2 unspecified atom stereocenters. The molecule has 2 N–H and O–H groups in total. The molecule has 8 heteroatoms. The number of para-hydroxylation sites is 1. The van der Waals surface area contributed by atoms with Gasteiger partial charge in [-0.2, -0.15) is 0 Å². The Kier molecular flexibility index (Phi) is 6.88. The number of hydrogen-bond acceptors (Lipinski definition) is 6. The van der Waals surface area contributed by atoms with Gasteiger partial charge in [0.05, 0.1) is 11.7 Å². The van der Waals surface area contributed by atoms with Gasteiger partial charge in [-0.3, -0.25) is 19.2 Å². The third kappa shape index (κ3) is 4.30. The molecule has 0 radical (unpaired) electrons. The maximum Gasteiger partial charge on any atom is 0.303 e. The summed E-state index contributed by atoms with van der Waals surface area (Å²) in [7, 11) is 0. The van der Waals surface area contributed by atoms with E-state index >= 15 is 0 Å². The van der Waals surface area contributed by atoms with Crippen molar-refractivity contribution in [1.29, 1.82) is 0 Å². The van der Waals surface area contributed by atoms with Crippen LogP contribution >= 0.6 is 0 Å². The molecule has 42 heavy (non-hydrogen) atoms. The Labute approximate surface area is 245 Å². The number of H-pyrrole nitrogens is 1. The number of nitrogens with one attached hydrogen (secondary N) is 2.